The molecule has 1 aromatic carbocycles. The Bertz CT molecular complexity index is 408. The summed E-state index contributed by atoms with van der Waals surface area (Å²) in [5.74, 6) is 0. The van der Waals surface area contributed by atoms with E-state index in [-0.39, 0.29) is 17.8 Å². The molecule has 1 aliphatic rings. The molecule has 1 heterocycles. The van der Waals surface area contributed by atoms with Crippen molar-refractivity contribution in [3.63, 3.8) is 0 Å². The van der Waals surface area contributed by atoms with E-state index >= 15 is 0 Å². The molecule has 1 saturated heterocycles. The highest BCUT2D eigenvalue weighted by Gasteiger charge is 2.25. The lowest BCUT2D eigenvalue weighted by molar-refractivity contribution is 0.235. The molecule has 0 spiro atoms. The lowest BCUT2D eigenvalue weighted by atomic mass is 9.86. The number of nitrogens with one attached hydrogen (secondary N) is 1. The van der Waals surface area contributed by atoms with Crippen LogP contribution in [0, 0.1) is 0 Å². The van der Waals surface area contributed by atoms with Gasteiger partial charge in [0.15, 0.2) is 0 Å². The number of benzene rings is 1. The molecule has 2 rings (SSSR count). The third kappa shape index (κ3) is 3.97. The largest absolute Gasteiger partial charge is 0.309 e. The molecule has 2 nitrogen and oxygen atoms in total. The molecule has 2 unspecified atom stereocenters. The average molecular weight is 297 g/mol. The number of hydrogen-bond donors (Lipinski definition) is 1. The predicted molar refractivity (Wildman–Crippen MR) is 89.8 cm³/mol. The van der Waals surface area contributed by atoms with Crippen molar-refractivity contribution >= 4 is 12.4 Å². The van der Waals surface area contributed by atoms with Gasteiger partial charge in [-0.25, -0.2) is 0 Å². The van der Waals surface area contributed by atoms with Crippen molar-refractivity contribution in [2.24, 2.45) is 0 Å². The van der Waals surface area contributed by atoms with Gasteiger partial charge in [0.2, 0.25) is 0 Å². The Morgan fingerprint density at radius 3 is 2.30 bits per heavy atom. The highest BCUT2D eigenvalue weighted by molar-refractivity contribution is 5.85. The minimum Gasteiger partial charge on any atom is -0.309 e. The van der Waals surface area contributed by atoms with E-state index in [1.165, 1.54) is 24.1 Å². The van der Waals surface area contributed by atoms with Crippen molar-refractivity contribution in [3.05, 3.63) is 35.4 Å². The fourth-order valence-corrected chi connectivity index (χ4v) is 2.80. The van der Waals surface area contributed by atoms with Crippen LogP contribution in [-0.4, -0.2) is 31.1 Å². The summed E-state index contributed by atoms with van der Waals surface area (Å²) in [6.07, 6.45) is 1.23. The summed E-state index contributed by atoms with van der Waals surface area (Å²) in [5, 5.41) is 3.69. The van der Waals surface area contributed by atoms with Gasteiger partial charge >= 0.3 is 0 Å². The molecule has 20 heavy (non-hydrogen) atoms. The minimum absolute atomic E-state index is 0. The second-order valence-electron chi connectivity index (χ2n) is 6.88. The smallest absolute Gasteiger partial charge is 0.0475 e. The van der Waals surface area contributed by atoms with Crippen molar-refractivity contribution in [2.75, 3.05) is 20.1 Å². The summed E-state index contributed by atoms with van der Waals surface area (Å²) in [4.78, 5) is 2.46. The van der Waals surface area contributed by atoms with Crippen molar-refractivity contribution in [1.29, 1.82) is 0 Å². The Balaban J connectivity index is 0.00000200. The second kappa shape index (κ2) is 6.93. The Morgan fingerprint density at radius 2 is 1.75 bits per heavy atom. The molecular formula is C17H29ClN2. The maximum Gasteiger partial charge on any atom is 0.0475 e. The molecule has 3 heteroatoms. The van der Waals surface area contributed by atoms with Crippen LogP contribution in [0.25, 0.3) is 0 Å². The van der Waals surface area contributed by atoms with E-state index in [0.29, 0.717) is 12.1 Å². The quantitative estimate of drug-likeness (QED) is 0.849. The van der Waals surface area contributed by atoms with E-state index < -0.39 is 0 Å². The molecule has 0 aromatic heterocycles. The summed E-state index contributed by atoms with van der Waals surface area (Å²) in [7, 11) is 2.23. The Morgan fingerprint density at radius 1 is 1.15 bits per heavy atom. The topological polar surface area (TPSA) is 15.3 Å². The summed E-state index contributed by atoms with van der Waals surface area (Å²) in [5.41, 5.74) is 3.05. The van der Waals surface area contributed by atoms with Gasteiger partial charge < -0.3 is 10.2 Å². The molecule has 114 valence electrons. The molecule has 1 N–H and O–H groups in total. The van der Waals surface area contributed by atoms with Gasteiger partial charge in [0.25, 0.3) is 0 Å². The Kier molecular flexibility index (Phi) is 6.06. The molecule has 2 atom stereocenters. The van der Waals surface area contributed by atoms with Crippen LogP contribution in [0.2, 0.25) is 0 Å². The van der Waals surface area contributed by atoms with Crippen LogP contribution in [0.4, 0.5) is 0 Å². The zero-order valence-corrected chi connectivity index (χ0v) is 14.3. The van der Waals surface area contributed by atoms with Crippen LogP contribution in [0.15, 0.2) is 24.3 Å². The summed E-state index contributed by atoms with van der Waals surface area (Å²) < 4.78 is 0. The first kappa shape index (κ1) is 17.5. The SMILES string of the molecule is CC1C(c2ccc(C(C)(C)C)cc2)NCCCN1C.Cl. The number of hydrogen-bond acceptors (Lipinski definition) is 2. The van der Waals surface area contributed by atoms with E-state index in [1.807, 2.05) is 0 Å². The molecule has 0 saturated carbocycles. The molecule has 0 amide bonds. The molecule has 1 aromatic rings. The van der Waals surface area contributed by atoms with Crippen molar-refractivity contribution < 1.29 is 0 Å². The van der Waals surface area contributed by atoms with E-state index in [9.17, 15) is 0 Å². The predicted octanol–water partition coefficient (Wildman–Crippen LogP) is 3.76. The number of halogens is 1. The molecule has 1 fully saturated rings. The lowest BCUT2D eigenvalue weighted by Gasteiger charge is -2.30. The molecule has 1 aliphatic heterocycles. The fraction of sp³-hybridized carbons (Fsp3) is 0.647. The van der Waals surface area contributed by atoms with Crippen molar-refractivity contribution in [2.45, 2.75) is 51.6 Å². The number of rotatable bonds is 1. The zero-order valence-electron chi connectivity index (χ0n) is 13.4. The third-order valence-corrected chi connectivity index (χ3v) is 4.37. The van der Waals surface area contributed by atoms with Crippen LogP contribution < -0.4 is 5.32 Å². The van der Waals surface area contributed by atoms with Gasteiger partial charge in [-0.15, -0.1) is 12.4 Å². The van der Waals surface area contributed by atoms with E-state index in [2.05, 4.69) is 69.2 Å². The van der Waals surface area contributed by atoms with Gasteiger partial charge in [-0.05, 0) is 50.0 Å². The fourth-order valence-electron chi connectivity index (χ4n) is 2.80. The van der Waals surface area contributed by atoms with Gasteiger partial charge in [0.1, 0.15) is 0 Å². The summed E-state index contributed by atoms with van der Waals surface area (Å²) in [6, 6.07) is 10.2. The van der Waals surface area contributed by atoms with Crippen LogP contribution in [-0.2, 0) is 5.41 Å². The minimum atomic E-state index is 0. The van der Waals surface area contributed by atoms with Crippen molar-refractivity contribution in [3.8, 4) is 0 Å². The third-order valence-electron chi connectivity index (χ3n) is 4.37. The van der Waals surface area contributed by atoms with E-state index in [4.69, 9.17) is 0 Å². The van der Waals surface area contributed by atoms with Crippen LogP contribution in [0.3, 0.4) is 0 Å². The van der Waals surface area contributed by atoms with Crippen molar-refractivity contribution in [1.82, 2.24) is 10.2 Å². The highest BCUT2D eigenvalue weighted by Crippen LogP contribution is 2.27. The normalized spacial score (nSPS) is 24.9. The molecule has 0 bridgehead atoms. The average Bonchev–Trinajstić information content (AvgIpc) is 2.52. The first-order chi connectivity index (χ1) is 8.89. The zero-order chi connectivity index (χ0) is 14.0. The summed E-state index contributed by atoms with van der Waals surface area (Å²) >= 11 is 0. The van der Waals surface area contributed by atoms with Crippen LogP contribution in [0.1, 0.15) is 51.3 Å². The summed E-state index contributed by atoms with van der Waals surface area (Å²) in [6.45, 7) is 11.4. The van der Waals surface area contributed by atoms with Crippen LogP contribution in [0.5, 0.6) is 0 Å². The van der Waals surface area contributed by atoms with Crippen LogP contribution >= 0.6 is 12.4 Å². The van der Waals surface area contributed by atoms with E-state index in [1.54, 1.807) is 0 Å². The molecular weight excluding hydrogens is 268 g/mol. The number of nitrogens with zero attached hydrogens (tertiary/aromatic N) is 1. The van der Waals surface area contributed by atoms with E-state index in [0.717, 1.165) is 6.54 Å². The van der Waals surface area contributed by atoms with Gasteiger partial charge in [-0.3, -0.25) is 0 Å². The lowest BCUT2D eigenvalue weighted by Crippen LogP contribution is -2.37. The maximum absolute atomic E-state index is 3.69. The monoisotopic (exact) mass is 296 g/mol. The first-order valence-electron chi connectivity index (χ1n) is 7.43. The Hall–Kier alpha value is -0.570. The van der Waals surface area contributed by atoms with Gasteiger partial charge in [-0.1, -0.05) is 45.0 Å². The second-order valence-corrected chi connectivity index (χ2v) is 6.88. The first-order valence-corrected chi connectivity index (χ1v) is 7.43. The molecule has 0 aliphatic carbocycles. The standard InChI is InChI=1S/C17H28N2.ClH/c1-13-16(18-11-6-12-19(13)5)14-7-9-15(10-8-14)17(2,3)4;/h7-10,13,16,18H,6,11-12H2,1-5H3;1H. The Labute approximate surface area is 130 Å². The maximum atomic E-state index is 3.69. The van der Waals surface area contributed by atoms with Gasteiger partial charge in [0, 0.05) is 12.1 Å². The van der Waals surface area contributed by atoms with Gasteiger partial charge in [-0.2, -0.15) is 0 Å². The van der Waals surface area contributed by atoms with Gasteiger partial charge in [0.05, 0.1) is 0 Å². The number of likely N-dealkylation sites (N-methyl/N-ethyl adjacent to an activating group) is 1. The highest BCUT2D eigenvalue weighted by atomic mass is 35.5. The molecule has 0 radical (unpaired) electrons.